The summed E-state index contributed by atoms with van der Waals surface area (Å²) in [6, 6.07) is 1.29. The topological polar surface area (TPSA) is 12.5 Å². The summed E-state index contributed by atoms with van der Waals surface area (Å²) in [6.45, 7) is 18.5. The number of hydrogen-bond acceptors (Lipinski definition) is 2. The Bertz CT molecular complexity index is 187. The zero-order valence-corrected chi connectivity index (χ0v) is 14.7. The average Bonchev–Trinajstić information content (AvgIpc) is 2.14. The van der Waals surface area contributed by atoms with Crippen molar-refractivity contribution in [1.82, 2.24) is 4.57 Å². The monoisotopic (exact) mass is 261 g/mol. The first kappa shape index (κ1) is 16.4. The van der Waals surface area contributed by atoms with E-state index in [0.717, 1.165) is 0 Å². The predicted octanol–water partition coefficient (Wildman–Crippen LogP) is 3.59. The highest BCUT2D eigenvalue weighted by Crippen LogP contribution is 2.23. The maximum Gasteiger partial charge on any atom is 0.254 e. The first-order chi connectivity index (χ1) is 7.26. The molecule has 0 heterocycles. The van der Waals surface area contributed by atoms with Gasteiger partial charge in [-0.15, -0.1) is 0 Å². The molecular formula is C12H31NOSi2. The van der Waals surface area contributed by atoms with Gasteiger partial charge in [0, 0.05) is 12.1 Å². The summed E-state index contributed by atoms with van der Waals surface area (Å²) in [5, 5.41) is 0. The lowest BCUT2D eigenvalue weighted by molar-refractivity contribution is 0.221. The van der Waals surface area contributed by atoms with Crippen LogP contribution in [-0.4, -0.2) is 34.2 Å². The van der Waals surface area contributed by atoms with E-state index in [2.05, 4.69) is 58.4 Å². The molecule has 2 nitrogen and oxygen atoms in total. The minimum atomic E-state index is -1.67. The highest BCUT2D eigenvalue weighted by molar-refractivity contribution is 6.75. The van der Waals surface area contributed by atoms with Crippen LogP contribution in [0.3, 0.4) is 0 Å². The van der Waals surface area contributed by atoms with Crippen LogP contribution in [0.2, 0.25) is 26.2 Å². The van der Waals surface area contributed by atoms with Gasteiger partial charge in [0.2, 0.25) is 0 Å². The third-order valence-electron chi connectivity index (χ3n) is 3.28. The van der Waals surface area contributed by atoms with Gasteiger partial charge in [0.1, 0.15) is 0 Å². The van der Waals surface area contributed by atoms with Crippen LogP contribution in [-0.2, 0) is 4.12 Å². The molecule has 16 heavy (non-hydrogen) atoms. The van der Waals surface area contributed by atoms with Crippen molar-refractivity contribution in [2.45, 2.75) is 78.8 Å². The second-order valence-corrected chi connectivity index (χ2v) is 12.0. The zero-order valence-electron chi connectivity index (χ0n) is 12.5. The largest absolute Gasteiger partial charge is 0.447 e. The van der Waals surface area contributed by atoms with Crippen molar-refractivity contribution in [3.63, 3.8) is 0 Å². The smallest absolute Gasteiger partial charge is 0.254 e. The first-order valence-corrected chi connectivity index (χ1v) is 12.4. The lowest BCUT2D eigenvalue weighted by atomic mass is 10.2. The molecule has 4 heteroatoms. The van der Waals surface area contributed by atoms with Gasteiger partial charge in [-0.25, -0.2) is 0 Å². The molecule has 0 bridgehead atoms. The third-order valence-corrected chi connectivity index (χ3v) is 9.60. The van der Waals surface area contributed by atoms with Gasteiger partial charge in [-0.05, 0) is 39.0 Å². The summed E-state index contributed by atoms with van der Waals surface area (Å²) in [5.41, 5.74) is 0. The number of hydrogen-bond donors (Lipinski definition) is 0. The normalized spacial score (nSPS) is 16.9. The van der Waals surface area contributed by atoms with Crippen molar-refractivity contribution in [1.29, 1.82) is 0 Å². The van der Waals surface area contributed by atoms with E-state index in [4.69, 9.17) is 4.12 Å². The SMILES string of the molecule is CCC(C)N(C(C)CC)[Si](C)(C)O[SiH](C)C. The van der Waals surface area contributed by atoms with Gasteiger partial charge in [-0.1, -0.05) is 27.7 Å². The second-order valence-electron chi connectivity index (χ2n) is 5.54. The molecule has 2 atom stereocenters. The molecule has 0 fully saturated rings. The molecule has 0 aromatic heterocycles. The van der Waals surface area contributed by atoms with Crippen LogP contribution in [0.5, 0.6) is 0 Å². The summed E-state index contributed by atoms with van der Waals surface area (Å²) in [6.07, 6.45) is 2.42. The van der Waals surface area contributed by atoms with Crippen molar-refractivity contribution >= 4 is 17.5 Å². The van der Waals surface area contributed by atoms with Crippen LogP contribution in [0.25, 0.3) is 0 Å². The van der Waals surface area contributed by atoms with E-state index < -0.39 is 17.5 Å². The molecule has 0 aliphatic heterocycles. The standard InChI is InChI=1S/C12H31NOSi2/c1-9-11(3)13(12(4)10-2)16(7,8)14-15(5)6/h11-12,15H,9-10H2,1-8H3. The molecule has 0 saturated carbocycles. The molecule has 0 amide bonds. The van der Waals surface area contributed by atoms with Crippen molar-refractivity contribution in [2.75, 3.05) is 0 Å². The highest BCUT2D eigenvalue weighted by atomic mass is 28.4. The summed E-state index contributed by atoms with van der Waals surface area (Å²) >= 11 is 0. The fraction of sp³-hybridized carbons (Fsp3) is 1.00. The summed E-state index contributed by atoms with van der Waals surface area (Å²) in [5.74, 6) is 0. The van der Waals surface area contributed by atoms with Gasteiger partial charge in [0.25, 0.3) is 8.48 Å². The van der Waals surface area contributed by atoms with E-state index in [9.17, 15) is 0 Å². The van der Waals surface area contributed by atoms with E-state index in [0.29, 0.717) is 12.1 Å². The maximum atomic E-state index is 6.35. The highest BCUT2D eigenvalue weighted by Gasteiger charge is 2.37. The van der Waals surface area contributed by atoms with Crippen LogP contribution in [0.15, 0.2) is 0 Å². The van der Waals surface area contributed by atoms with Crippen LogP contribution >= 0.6 is 0 Å². The molecular weight excluding hydrogens is 230 g/mol. The summed E-state index contributed by atoms with van der Waals surface area (Å²) < 4.78 is 9.03. The molecule has 0 saturated heterocycles. The van der Waals surface area contributed by atoms with Crippen LogP contribution in [0, 0.1) is 0 Å². The molecule has 0 aromatic carbocycles. The van der Waals surface area contributed by atoms with E-state index in [-0.39, 0.29) is 0 Å². The Morgan fingerprint density at radius 2 is 1.44 bits per heavy atom. The average molecular weight is 262 g/mol. The summed E-state index contributed by atoms with van der Waals surface area (Å²) in [4.78, 5) is 0. The molecule has 0 aromatic rings. The molecule has 0 aliphatic carbocycles. The van der Waals surface area contributed by atoms with Gasteiger partial charge in [-0.2, -0.15) is 0 Å². The van der Waals surface area contributed by atoms with Gasteiger partial charge < -0.3 is 4.12 Å². The van der Waals surface area contributed by atoms with E-state index >= 15 is 0 Å². The van der Waals surface area contributed by atoms with Crippen LogP contribution < -0.4 is 0 Å². The minimum absolute atomic E-state index is 0.643. The zero-order chi connectivity index (χ0) is 12.9. The Balaban J connectivity index is 4.85. The van der Waals surface area contributed by atoms with Crippen molar-refractivity contribution in [2.24, 2.45) is 0 Å². The molecule has 0 N–H and O–H groups in total. The predicted molar refractivity (Wildman–Crippen MR) is 78.8 cm³/mol. The Morgan fingerprint density at radius 3 is 1.69 bits per heavy atom. The fourth-order valence-electron chi connectivity index (χ4n) is 2.53. The van der Waals surface area contributed by atoms with Crippen LogP contribution in [0.1, 0.15) is 40.5 Å². The number of nitrogens with zero attached hydrogens (tertiary/aromatic N) is 1. The lowest BCUT2D eigenvalue weighted by Gasteiger charge is -2.45. The molecule has 2 unspecified atom stereocenters. The molecule has 0 spiro atoms. The Morgan fingerprint density at radius 1 is 1.06 bits per heavy atom. The number of rotatable bonds is 7. The van der Waals surface area contributed by atoms with E-state index in [1.807, 2.05) is 0 Å². The van der Waals surface area contributed by atoms with Gasteiger partial charge in [0.15, 0.2) is 9.04 Å². The maximum absolute atomic E-state index is 6.35. The Kier molecular flexibility index (Phi) is 7.09. The minimum Gasteiger partial charge on any atom is -0.447 e. The van der Waals surface area contributed by atoms with Gasteiger partial charge in [0.05, 0.1) is 0 Å². The van der Waals surface area contributed by atoms with Crippen molar-refractivity contribution in [3.05, 3.63) is 0 Å². The first-order valence-electron chi connectivity index (χ1n) is 6.72. The van der Waals surface area contributed by atoms with Gasteiger partial charge in [-0.3, -0.25) is 4.57 Å². The Hall–Kier alpha value is 0.354. The molecule has 0 radical (unpaired) electrons. The lowest BCUT2D eigenvalue weighted by Crippen LogP contribution is -2.60. The van der Waals surface area contributed by atoms with E-state index in [1.165, 1.54) is 12.8 Å². The quantitative estimate of drug-likeness (QED) is 0.650. The van der Waals surface area contributed by atoms with E-state index in [1.54, 1.807) is 0 Å². The fourth-order valence-corrected chi connectivity index (χ4v) is 10.1. The van der Waals surface area contributed by atoms with Crippen molar-refractivity contribution < 1.29 is 4.12 Å². The third kappa shape index (κ3) is 4.69. The van der Waals surface area contributed by atoms with Crippen molar-refractivity contribution in [3.8, 4) is 0 Å². The van der Waals surface area contributed by atoms with Gasteiger partial charge >= 0.3 is 0 Å². The summed E-state index contributed by atoms with van der Waals surface area (Å²) in [7, 11) is -2.61. The Labute approximate surface area is 105 Å². The van der Waals surface area contributed by atoms with Crippen LogP contribution in [0.4, 0.5) is 0 Å². The second kappa shape index (κ2) is 6.94. The molecule has 0 rings (SSSR count). The molecule has 0 aliphatic rings. The molecule has 98 valence electrons.